The second-order valence-electron chi connectivity index (χ2n) is 4.08. The molecular weight excluding hydrogens is 316 g/mol. The van der Waals surface area contributed by atoms with Gasteiger partial charge in [0.25, 0.3) is 5.56 Å². The van der Waals surface area contributed by atoms with Crippen LogP contribution in [0.3, 0.4) is 0 Å². The first kappa shape index (κ1) is 11.7. The fourth-order valence-electron chi connectivity index (χ4n) is 2.12. The van der Waals surface area contributed by atoms with Gasteiger partial charge in [-0.3, -0.25) is 4.79 Å². The van der Waals surface area contributed by atoms with Crippen molar-refractivity contribution in [1.82, 2.24) is 9.55 Å². The van der Waals surface area contributed by atoms with Crippen LogP contribution in [0.1, 0.15) is 0 Å². The number of halogens is 2. The van der Waals surface area contributed by atoms with Crippen molar-refractivity contribution < 1.29 is 0 Å². The van der Waals surface area contributed by atoms with Crippen molar-refractivity contribution >= 4 is 49.2 Å². The zero-order valence-corrected chi connectivity index (χ0v) is 11.8. The Kier molecular flexibility index (Phi) is 2.64. The molecule has 0 aliphatic carbocycles. The molecule has 0 aliphatic heterocycles. The molecule has 0 unspecified atom stereocenters. The van der Waals surface area contributed by atoms with E-state index in [4.69, 9.17) is 11.6 Å². The first-order valence-electron chi connectivity index (χ1n) is 5.31. The van der Waals surface area contributed by atoms with Gasteiger partial charge in [-0.25, -0.2) is 4.98 Å². The first-order chi connectivity index (χ1) is 8.58. The van der Waals surface area contributed by atoms with E-state index in [0.717, 1.165) is 20.9 Å². The largest absolute Gasteiger partial charge is 0.309 e. The number of pyridine rings is 2. The molecular formula is C13H8BrClN2O. The van der Waals surface area contributed by atoms with E-state index < -0.39 is 0 Å². The standard InChI is InChI=1S/C13H8BrClN2O/c1-17-11-6-16-12(14)5-9(11)8-3-2-7(15)4-10(8)13(17)18/h2-6H,1H3. The van der Waals surface area contributed by atoms with Gasteiger partial charge in [-0.15, -0.1) is 0 Å². The van der Waals surface area contributed by atoms with Crippen LogP contribution in [0.4, 0.5) is 0 Å². The molecule has 0 fully saturated rings. The van der Waals surface area contributed by atoms with Gasteiger partial charge in [0.15, 0.2) is 0 Å². The van der Waals surface area contributed by atoms with Crippen LogP contribution in [0.2, 0.25) is 5.02 Å². The first-order valence-corrected chi connectivity index (χ1v) is 6.48. The Labute approximate surface area is 116 Å². The Morgan fingerprint density at radius 2 is 2.00 bits per heavy atom. The predicted molar refractivity (Wildman–Crippen MR) is 77.2 cm³/mol. The van der Waals surface area contributed by atoms with Crippen molar-refractivity contribution in [2.45, 2.75) is 0 Å². The maximum atomic E-state index is 12.2. The highest BCUT2D eigenvalue weighted by molar-refractivity contribution is 9.10. The Hall–Kier alpha value is -1.39. The van der Waals surface area contributed by atoms with Crippen LogP contribution in [-0.2, 0) is 7.05 Å². The SMILES string of the molecule is Cn1c(=O)c2cc(Cl)ccc2c2cc(Br)ncc21. The summed E-state index contributed by atoms with van der Waals surface area (Å²) in [7, 11) is 1.74. The highest BCUT2D eigenvalue weighted by atomic mass is 79.9. The number of hydrogen-bond donors (Lipinski definition) is 0. The summed E-state index contributed by atoms with van der Waals surface area (Å²) in [4.78, 5) is 16.4. The predicted octanol–water partition coefficient (Wildman–Crippen LogP) is 3.50. The maximum Gasteiger partial charge on any atom is 0.258 e. The van der Waals surface area contributed by atoms with Gasteiger partial charge in [-0.05, 0) is 39.5 Å². The average Bonchev–Trinajstić information content (AvgIpc) is 2.35. The summed E-state index contributed by atoms with van der Waals surface area (Å²) in [6, 6.07) is 7.27. The van der Waals surface area contributed by atoms with Crippen molar-refractivity contribution in [1.29, 1.82) is 0 Å². The minimum absolute atomic E-state index is 0.0656. The molecule has 3 rings (SSSR count). The van der Waals surface area contributed by atoms with Gasteiger partial charge in [0.1, 0.15) is 4.60 Å². The fourth-order valence-corrected chi connectivity index (χ4v) is 2.63. The number of rotatable bonds is 0. The minimum Gasteiger partial charge on any atom is -0.309 e. The van der Waals surface area contributed by atoms with Crippen molar-refractivity contribution in [3.8, 4) is 0 Å². The molecule has 0 radical (unpaired) electrons. The van der Waals surface area contributed by atoms with Crippen LogP contribution in [-0.4, -0.2) is 9.55 Å². The Morgan fingerprint density at radius 3 is 2.78 bits per heavy atom. The molecule has 2 heterocycles. The second-order valence-corrected chi connectivity index (χ2v) is 5.33. The molecule has 0 amide bonds. The molecule has 0 saturated carbocycles. The molecule has 3 aromatic rings. The molecule has 0 saturated heterocycles. The molecule has 2 aromatic heterocycles. The lowest BCUT2D eigenvalue weighted by atomic mass is 10.1. The summed E-state index contributed by atoms with van der Waals surface area (Å²) < 4.78 is 2.33. The molecule has 5 heteroatoms. The lowest BCUT2D eigenvalue weighted by molar-refractivity contribution is 0.914. The minimum atomic E-state index is -0.0656. The molecule has 0 bridgehead atoms. The molecule has 0 atom stereocenters. The molecule has 0 aliphatic rings. The smallest absolute Gasteiger partial charge is 0.258 e. The van der Waals surface area contributed by atoms with Crippen LogP contribution in [0.5, 0.6) is 0 Å². The van der Waals surface area contributed by atoms with Crippen molar-refractivity contribution in [3.05, 3.63) is 50.4 Å². The normalized spacial score (nSPS) is 11.3. The highest BCUT2D eigenvalue weighted by Gasteiger charge is 2.09. The van der Waals surface area contributed by atoms with E-state index in [9.17, 15) is 4.79 Å². The van der Waals surface area contributed by atoms with E-state index in [1.807, 2.05) is 12.1 Å². The van der Waals surface area contributed by atoms with E-state index in [0.29, 0.717) is 10.4 Å². The van der Waals surface area contributed by atoms with Gasteiger partial charge < -0.3 is 4.57 Å². The maximum absolute atomic E-state index is 12.2. The molecule has 0 N–H and O–H groups in total. The van der Waals surface area contributed by atoms with E-state index in [2.05, 4.69) is 20.9 Å². The van der Waals surface area contributed by atoms with Gasteiger partial charge in [-0.2, -0.15) is 0 Å². The highest BCUT2D eigenvalue weighted by Crippen LogP contribution is 2.26. The molecule has 0 spiro atoms. The van der Waals surface area contributed by atoms with Crippen LogP contribution in [0, 0.1) is 0 Å². The third-order valence-electron chi connectivity index (χ3n) is 3.02. The van der Waals surface area contributed by atoms with Crippen molar-refractivity contribution in [3.63, 3.8) is 0 Å². The lowest BCUT2D eigenvalue weighted by Gasteiger charge is -2.09. The van der Waals surface area contributed by atoms with Crippen LogP contribution >= 0.6 is 27.5 Å². The Bertz CT molecular complexity index is 842. The summed E-state index contributed by atoms with van der Waals surface area (Å²) in [6.07, 6.45) is 1.69. The van der Waals surface area contributed by atoms with Crippen molar-refractivity contribution in [2.75, 3.05) is 0 Å². The third kappa shape index (κ3) is 1.64. The van der Waals surface area contributed by atoms with Gasteiger partial charge >= 0.3 is 0 Å². The number of nitrogens with zero attached hydrogens (tertiary/aromatic N) is 2. The van der Waals surface area contributed by atoms with Gasteiger partial charge in [0.05, 0.1) is 11.7 Å². The third-order valence-corrected chi connectivity index (χ3v) is 3.69. The average molecular weight is 324 g/mol. The Balaban J connectivity index is 2.68. The molecule has 3 nitrogen and oxygen atoms in total. The number of aromatic nitrogens is 2. The number of aryl methyl sites for hydroxylation is 1. The zero-order valence-electron chi connectivity index (χ0n) is 9.45. The van der Waals surface area contributed by atoms with Gasteiger partial charge in [0, 0.05) is 22.8 Å². The lowest BCUT2D eigenvalue weighted by Crippen LogP contribution is -2.17. The molecule has 1 aromatic carbocycles. The fraction of sp³-hybridized carbons (Fsp3) is 0.0769. The summed E-state index contributed by atoms with van der Waals surface area (Å²) in [5.74, 6) is 0. The quantitative estimate of drug-likeness (QED) is 0.469. The number of fused-ring (bicyclic) bond motifs is 3. The summed E-state index contributed by atoms with van der Waals surface area (Å²) >= 11 is 9.31. The topological polar surface area (TPSA) is 34.9 Å². The zero-order chi connectivity index (χ0) is 12.9. The van der Waals surface area contributed by atoms with Crippen LogP contribution in [0.25, 0.3) is 21.7 Å². The van der Waals surface area contributed by atoms with Crippen LogP contribution in [0.15, 0.2) is 39.9 Å². The second kappa shape index (κ2) is 4.07. The monoisotopic (exact) mass is 322 g/mol. The van der Waals surface area contributed by atoms with E-state index in [-0.39, 0.29) is 5.56 Å². The van der Waals surface area contributed by atoms with Gasteiger partial charge in [0.2, 0.25) is 0 Å². The van der Waals surface area contributed by atoms with E-state index >= 15 is 0 Å². The summed E-state index contributed by atoms with van der Waals surface area (Å²) in [5, 5.41) is 3.05. The van der Waals surface area contributed by atoms with E-state index in [1.54, 1.807) is 29.9 Å². The van der Waals surface area contributed by atoms with Crippen LogP contribution < -0.4 is 5.56 Å². The molecule has 90 valence electrons. The number of hydrogen-bond acceptors (Lipinski definition) is 2. The summed E-state index contributed by atoms with van der Waals surface area (Å²) in [5.41, 5.74) is 0.738. The Morgan fingerprint density at radius 1 is 1.22 bits per heavy atom. The van der Waals surface area contributed by atoms with E-state index in [1.165, 1.54) is 0 Å². The van der Waals surface area contributed by atoms with Gasteiger partial charge in [-0.1, -0.05) is 17.7 Å². The molecule has 18 heavy (non-hydrogen) atoms. The number of benzene rings is 1. The van der Waals surface area contributed by atoms with Crippen molar-refractivity contribution in [2.24, 2.45) is 7.05 Å². The summed E-state index contributed by atoms with van der Waals surface area (Å²) in [6.45, 7) is 0.